The van der Waals surface area contributed by atoms with Crippen molar-refractivity contribution >= 4 is 0 Å². The average molecular weight is 959 g/mol. The highest BCUT2D eigenvalue weighted by Gasteiger charge is 2.58. The van der Waals surface area contributed by atoms with E-state index in [1.807, 2.05) is 172 Å². The molecule has 0 radical (unpaired) electrons. The zero-order valence-electron chi connectivity index (χ0n) is 40.2. The Bertz CT molecular complexity index is 2290. The average Bonchev–Trinajstić information content (AvgIpc) is 3.73. The summed E-state index contributed by atoms with van der Waals surface area (Å²) in [6.07, 6.45) is -7.73. The van der Waals surface area contributed by atoms with Crippen molar-refractivity contribution in [2.75, 3.05) is 19.8 Å². The number of ether oxygens (including phenoxy) is 13. The number of rotatable bonds is 22. The van der Waals surface area contributed by atoms with Crippen LogP contribution >= 0.6 is 0 Å². The molecule has 5 aromatic carbocycles. The molecule has 4 heterocycles. The first-order chi connectivity index (χ1) is 34.3. The van der Waals surface area contributed by atoms with Crippen LogP contribution in [0.2, 0.25) is 0 Å². The van der Waals surface area contributed by atoms with Crippen LogP contribution in [0.1, 0.15) is 48.6 Å². The quantitative estimate of drug-likeness (QED) is 0.0616. The standard InChI is InChI=1S/C57H66O13/c1-5-31-58-56-53-50(69-57(3,4)70-53)47(39(2)66-56)67-55-52(63-36-44-29-19-10-20-30-44)49(46(38-65-55)60-33-41-23-13-7-14-24-41)68-54-51(62-35-43-27-17-9-18-28-43)48(61-34-42-25-15-8-16-26-42)45(37-64-54)59-32-40-21-11-6-12-22-40/h5-30,39,45-56H,1,31-38H2,2-4H3/t39-,45+,46+,47-,48-,49-,50+,51+,52+,53+,54-,55-,56+/m0/s1. The predicted molar refractivity (Wildman–Crippen MR) is 259 cm³/mol. The Labute approximate surface area is 411 Å². The monoisotopic (exact) mass is 958 g/mol. The van der Waals surface area contributed by atoms with Crippen LogP contribution in [0, 0.1) is 0 Å². The SMILES string of the molecule is C=CCO[C@@H]1O[C@@H](C)[C@H](O[C@@H]2OC[C@@H](OCc3ccccc3)[C@H](O[C@@H]3OC[C@@H](OCc4ccccc4)[C@H](OCc4ccccc4)[C@H]3OCc3ccccc3)[C@H]2OCc2ccccc2)[C@H]2OC(C)(C)O[C@@H]12. The van der Waals surface area contributed by atoms with E-state index < -0.39 is 85.7 Å². The highest BCUT2D eigenvalue weighted by atomic mass is 16.8. The maximum Gasteiger partial charge on any atom is 0.187 e. The Morgan fingerprint density at radius 2 is 0.829 bits per heavy atom. The van der Waals surface area contributed by atoms with Crippen molar-refractivity contribution < 1.29 is 61.6 Å². The Hall–Kier alpha value is -4.68. The largest absolute Gasteiger partial charge is 0.368 e. The lowest BCUT2D eigenvalue weighted by Crippen LogP contribution is -2.64. The third-order valence-electron chi connectivity index (χ3n) is 12.8. The van der Waals surface area contributed by atoms with Gasteiger partial charge in [-0.3, -0.25) is 0 Å². The van der Waals surface area contributed by atoms with Crippen LogP contribution in [0.25, 0.3) is 0 Å². The number of fused-ring (bicyclic) bond motifs is 1. The van der Waals surface area contributed by atoms with Gasteiger partial charge in [0.1, 0.15) is 54.9 Å². The van der Waals surface area contributed by atoms with E-state index in [0.717, 1.165) is 27.8 Å². The van der Waals surface area contributed by atoms with Crippen molar-refractivity contribution in [2.24, 2.45) is 0 Å². The summed E-state index contributed by atoms with van der Waals surface area (Å²) in [5, 5.41) is 0. The first-order valence-corrected chi connectivity index (χ1v) is 24.4. The molecule has 4 fully saturated rings. The molecule has 0 spiro atoms. The van der Waals surface area contributed by atoms with Gasteiger partial charge in [-0.15, -0.1) is 6.58 Å². The van der Waals surface area contributed by atoms with Crippen LogP contribution in [-0.4, -0.2) is 106 Å². The summed E-state index contributed by atoms with van der Waals surface area (Å²) in [6.45, 7) is 11.4. The summed E-state index contributed by atoms with van der Waals surface area (Å²) in [6, 6.07) is 50.1. The molecule has 5 aromatic rings. The second-order valence-corrected chi connectivity index (χ2v) is 18.5. The van der Waals surface area contributed by atoms with Crippen LogP contribution < -0.4 is 0 Å². The van der Waals surface area contributed by atoms with Gasteiger partial charge in [0.05, 0.1) is 59.0 Å². The van der Waals surface area contributed by atoms with E-state index in [1.165, 1.54) is 0 Å². The molecule has 0 saturated carbocycles. The van der Waals surface area contributed by atoms with Gasteiger partial charge >= 0.3 is 0 Å². The fraction of sp³-hybridized carbons (Fsp3) is 0.439. The molecule has 13 nitrogen and oxygen atoms in total. The van der Waals surface area contributed by atoms with Crippen molar-refractivity contribution in [3.63, 3.8) is 0 Å². The van der Waals surface area contributed by atoms with Crippen molar-refractivity contribution in [3.05, 3.63) is 192 Å². The van der Waals surface area contributed by atoms with Gasteiger partial charge in [-0.05, 0) is 48.6 Å². The molecular formula is C57H66O13. The molecule has 13 heteroatoms. The van der Waals surface area contributed by atoms with Gasteiger partial charge in [0.2, 0.25) is 0 Å². The van der Waals surface area contributed by atoms with Crippen LogP contribution in [0.3, 0.4) is 0 Å². The third kappa shape index (κ3) is 13.2. The minimum absolute atomic E-state index is 0.0936. The summed E-state index contributed by atoms with van der Waals surface area (Å²) >= 11 is 0. The zero-order chi connectivity index (χ0) is 48.1. The fourth-order valence-electron chi connectivity index (χ4n) is 9.29. The minimum Gasteiger partial charge on any atom is -0.368 e. The Balaban J connectivity index is 1.05. The summed E-state index contributed by atoms with van der Waals surface area (Å²) in [5.74, 6) is -0.937. The van der Waals surface area contributed by atoms with Crippen LogP contribution in [0.15, 0.2) is 164 Å². The van der Waals surface area contributed by atoms with Crippen molar-refractivity contribution in [2.45, 2.75) is 140 Å². The van der Waals surface area contributed by atoms with Gasteiger partial charge in [0, 0.05) is 0 Å². The molecule has 70 heavy (non-hydrogen) atoms. The van der Waals surface area contributed by atoms with Crippen molar-refractivity contribution in [3.8, 4) is 0 Å². The lowest BCUT2D eigenvalue weighted by molar-refractivity contribution is -0.368. The Morgan fingerprint density at radius 3 is 1.27 bits per heavy atom. The number of benzene rings is 5. The van der Waals surface area contributed by atoms with Gasteiger partial charge in [0.25, 0.3) is 0 Å². The Kier molecular flexibility index (Phi) is 17.7. The molecule has 0 unspecified atom stereocenters. The van der Waals surface area contributed by atoms with Gasteiger partial charge < -0.3 is 61.6 Å². The third-order valence-corrected chi connectivity index (χ3v) is 12.8. The van der Waals surface area contributed by atoms with Crippen molar-refractivity contribution in [1.82, 2.24) is 0 Å². The second-order valence-electron chi connectivity index (χ2n) is 18.5. The normalized spacial score (nSPS) is 30.6. The molecule has 0 amide bonds. The molecular weight excluding hydrogens is 893 g/mol. The van der Waals surface area contributed by atoms with Crippen molar-refractivity contribution in [1.29, 1.82) is 0 Å². The number of hydrogen-bond donors (Lipinski definition) is 0. The van der Waals surface area contributed by atoms with Gasteiger partial charge in [0.15, 0.2) is 24.7 Å². The van der Waals surface area contributed by atoms with E-state index in [4.69, 9.17) is 61.6 Å². The summed E-state index contributed by atoms with van der Waals surface area (Å²) in [7, 11) is 0. The van der Waals surface area contributed by atoms with Crippen LogP contribution in [0.4, 0.5) is 0 Å². The van der Waals surface area contributed by atoms with Gasteiger partial charge in [-0.1, -0.05) is 158 Å². The van der Waals surface area contributed by atoms with Crippen LogP contribution in [0.5, 0.6) is 0 Å². The fourth-order valence-corrected chi connectivity index (χ4v) is 9.29. The zero-order valence-corrected chi connectivity index (χ0v) is 40.2. The summed E-state index contributed by atoms with van der Waals surface area (Å²) in [5.41, 5.74) is 4.94. The molecule has 372 valence electrons. The highest BCUT2D eigenvalue weighted by molar-refractivity contribution is 5.17. The maximum atomic E-state index is 7.35. The van der Waals surface area contributed by atoms with E-state index in [0.29, 0.717) is 13.2 Å². The van der Waals surface area contributed by atoms with Crippen LogP contribution in [-0.2, 0) is 94.6 Å². The summed E-state index contributed by atoms with van der Waals surface area (Å²) < 4.78 is 87.7. The topological polar surface area (TPSA) is 120 Å². The minimum atomic E-state index is -1.00. The highest BCUT2D eigenvalue weighted by Crippen LogP contribution is 2.41. The van der Waals surface area contributed by atoms with Gasteiger partial charge in [-0.2, -0.15) is 0 Å². The molecule has 13 atom stereocenters. The first-order valence-electron chi connectivity index (χ1n) is 24.4. The van der Waals surface area contributed by atoms with E-state index in [9.17, 15) is 0 Å². The molecule has 0 aromatic heterocycles. The first kappa shape index (κ1) is 50.3. The van der Waals surface area contributed by atoms with E-state index >= 15 is 0 Å². The lowest BCUT2D eigenvalue weighted by atomic mass is 9.98. The molecule has 0 aliphatic carbocycles. The maximum absolute atomic E-state index is 7.35. The molecule has 4 saturated heterocycles. The molecule has 9 rings (SSSR count). The molecule has 4 aliphatic heterocycles. The Morgan fingerprint density at radius 1 is 0.457 bits per heavy atom. The van der Waals surface area contributed by atoms with E-state index in [-0.39, 0.29) is 39.6 Å². The van der Waals surface area contributed by atoms with E-state index in [1.54, 1.807) is 6.08 Å². The number of hydrogen-bond acceptors (Lipinski definition) is 13. The smallest absolute Gasteiger partial charge is 0.187 e. The molecule has 4 aliphatic rings. The summed E-state index contributed by atoms with van der Waals surface area (Å²) in [4.78, 5) is 0. The molecule has 0 bridgehead atoms. The predicted octanol–water partition coefficient (Wildman–Crippen LogP) is 8.86. The molecule has 0 N–H and O–H groups in total. The van der Waals surface area contributed by atoms with Gasteiger partial charge in [-0.25, -0.2) is 0 Å². The second kappa shape index (κ2) is 24.6. The lowest BCUT2D eigenvalue weighted by Gasteiger charge is -2.48. The van der Waals surface area contributed by atoms with E-state index in [2.05, 4.69) is 6.58 Å².